The highest BCUT2D eigenvalue weighted by molar-refractivity contribution is 4.69. The van der Waals surface area contributed by atoms with Gasteiger partial charge in [0.1, 0.15) is 6.10 Å². The average molecular weight is 421 g/mol. The average Bonchev–Trinajstić information content (AvgIpc) is 2.68. The minimum absolute atomic E-state index is 0. The molecule has 0 unspecified atom stereocenters. The monoisotopic (exact) mass is 420 g/mol. The van der Waals surface area contributed by atoms with Crippen molar-refractivity contribution in [2.45, 2.75) is 65.8 Å². The SMILES string of the molecule is C.C.CCO[C@@](C)(CO)OC(CO)CO.CC[C@H](CO)OC(CO)(CO)OC. The summed E-state index contributed by atoms with van der Waals surface area (Å²) in [5.74, 6) is -2.55. The number of aliphatic hydroxyl groups is 6. The molecule has 0 aliphatic carbocycles. The van der Waals surface area contributed by atoms with Gasteiger partial charge in [-0.2, -0.15) is 0 Å². The summed E-state index contributed by atoms with van der Waals surface area (Å²) in [6.07, 6.45) is -0.565. The molecule has 0 heterocycles. The second-order valence-corrected chi connectivity index (χ2v) is 5.59. The molecule has 2 atom stereocenters. The van der Waals surface area contributed by atoms with Gasteiger partial charge in [0, 0.05) is 13.7 Å². The first-order chi connectivity index (χ1) is 12.3. The molecule has 0 spiro atoms. The highest BCUT2D eigenvalue weighted by atomic mass is 16.7. The molecule has 28 heavy (non-hydrogen) atoms. The summed E-state index contributed by atoms with van der Waals surface area (Å²) in [5, 5.41) is 53.1. The molecule has 0 saturated carbocycles. The Morgan fingerprint density at radius 1 is 0.750 bits per heavy atom. The summed E-state index contributed by atoms with van der Waals surface area (Å²) >= 11 is 0. The molecule has 0 aromatic carbocycles. The zero-order valence-corrected chi connectivity index (χ0v) is 16.1. The smallest absolute Gasteiger partial charge is 0.215 e. The van der Waals surface area contributed by atoms with Gasteiger partial charge >= 0.3 is 0 Å². The van der Waals surface area contributed by atoms with Crippen LogP contribution in [0.4, 0.5) is 0 Å². The van der Waals surface area contributed by atoms with Gasteiger partial charge in [-0.25, -0.2) is 0 Å². The summed E-state index contributed by atoms with van der Waals surface area (Å²) in [5.41, 5.74) is 0. The van der Waals surface area contributed by atoms with E-state index in [9.17, 15) is 0 Å². The first-order valence-electron chi connectivity index (χ1n) is 8.49. The van der Waals surface area contributed by atoms with Crippen molar-refractivity contribution >= 4 is 0 Å². The van der Waals surface area contributed by atoms with Crippen LogP contribution in [-0.4, -0.2) is 108 Å². The maximum absolute atomic E-state index is 8.94. The molecular weight excluding hydrogens is 376 g/mol. The second kappa shape index (κ2) is 19.9. The van der Waals surface area contributed by atoms with Crippen LogP contribution in [0.3, 0.4) is 0 Å². The first kappa shape index (κ1) is 35.1. The molecule has 6 N–H and O–H groups in total. The standard InChI is InChI=1S/2C8H18O5.2CH4/c1-3-12-8(2,6-11)13-7(4-9)5-10;1-3-7(4-9)13-8(5-10,6-11)12-2;;/h2*7,9-11H,3-6H2,1-2H3;2*1H4/t8-;7-;;/m11../s1. The van der Waals surface area contributed by atoms with E-state index in [-0.39, 0.29) is 41.3 Å². The molecule has 0 aromatic rings. The fourth-order valence-corrected chi connectivity index (χ4v) is 1.76. The van der Waals surface area contributed by atoms with Gasteiger partial charge in [0.15, 0.2) is 5.79 Å². The van der Waals surface area contributed by atoms with Crippen LogP contribution in [0.5, 0.6) is 0 Å². The van der Waals surface area contributed by atoms with E-state index in [0.717, 1.165) is 0 Å². The van der Waals surface area contributed by atoms with Crippen molar-refractivity contribution in [1.82, 2.24) is 0 Å². The van der Waals surface area contributed by atoms with Crippen molar-refractivity contribution < 1.29 is 49.6 Å². The lowest BCUT2D eigenvalue weighted by molar-refractivity contribution is -0.282. The van der Waals surface area contributed by atoms with Crippen molar-refractivity contribution in [3.63, 3.8) is 0 Å². The molecule has 0 radical (unpaired) electrons. The number of methoxy groups -OCH3 is 1. The zero-order valence-electron chi connectivity index (χ0n) is 16.1. The van der Waals surface area contributed by atoms with Crippen LogP contribution in [0.25, 0.3) is 0 Å². The predicted octanol–water partition coefficient (Wildman–Crippen LogP) is -0.525. The van der Waals surface area contributed by atoms with Crippen LogP contribution < -0.4 is 0 Å². The lowest BCUT2D eigenvalue weighted by atomic mass is 10.2. The Morgan fingerprint density at radius 2 is 1.21 bits per heavy atom. The summed E-state index contributed by atoms with van der Waals surface area (Å²) in [4.78, 5) is 0. The lowest BCUT2D eigenvalue weighted by Crippen LogP contribution is -2.46. The minimum Gasteiger partial charge on any atom is -0.394 e. The van der Waals surface area contributed by atoms with Crippen molar-refractivity contribution in [3.8, 4) is 0 Å². The maximum atomic E-state index is 8.94. The van der Waals surface area contributed by atoms with Crippen molar-refractivity contribution in [1.29, 1.82) is 0 Å². The molecule has 0 amide bonds. The summed E-state index contributed by atoms with van der Waals surface area (Å²) in [6.45, 7) is 3.54. The molecule has 0 saturated heterocycles. The van der Waals surface area contributed by atoms with E-state index in [1.54, 1.807) is 13.8 Å². The Kier molecular flexibility index (Phi) is 24.9. The van der Waals surface area contributed by atoms with Crippen LogP contribution in [-0.2, 0) is 18.9 Å². The van der Waals surface area contributed by atoms with Gasteiger partial charge in [-0.3, -0.25) is 0 Å². The van der Waals surface area contributed by atoms with Gasteiger partial charge in [-0.05, 0) is 20.3 Å². The van der Waals surface area contributed by atoms with E-state index in [2.05, 4.69) is 0 Å². The number of hydrogen-bond donors (Lipinski definition) is 6. The van der Waals surface area contributed by atoms with Crippen LogP contribution in [0.1, 0.15) is 42.0 Å². The van der Waals surface area contributed by atoms with Gasteiger partial charge in [0.25, 0.3) is 0 Å². The van der Waals surface area contributed by atoms with Gasteiger partial charge in [-0.1, -0.05) is 21.8 Å². The van der Waals surface area contributed by atoms with E-state index < -0.39 is 37.0 Å². The molecular formula is C18H44O10. The lowest BCUT2D eigenvalue weighted by Gasteiger charge is -2.31. The van der Waals surface area contributed by atoms with Gasteiger partial charge < -0.3 is 49.6 Å². The topological polar surface area (TPSA) is 158 Å². The van der Waals surface area contributed by atoms with E-state index in [1.807, 2.05) is 6.92 Å². The quantitative estimate of drug-likeness (QED) is 0.202. The van der Waals surface area contributed by atoms with Crippen LogP contribution >= 0.6 is 0 Å². The third-order valence-corrected chi connectivity index (χ3v) is 3.45. The highest BCUT2D eigenvalue weighted by Gasteiger charge is 2.32. The fraction of sp³-hybridized carbons (Fsp3) is 1.00. The molecule has 0 rings (SSSR count). The Balaban J connectivity index is -0.000000192. The number of ether oxygens (including phenoxy) is 4. The van der Waals surface area contributed by atoms with Gasteiger partial charge in [0.05, 0.1) is 45.7 Å². The summed E-state index contributed by atoms with van der Waals surface area (Å²) in [6, 6.07) is 0. The minimum atomic E-state index is -1.40. The van der Waals surface area contributed by atoms with Crippen molar-refractivity contribution in [2.24, 2.45) is 0 Å². The summed E-state index contributed by atoms with van der Waals surface area (Å²) in [7, 11) is 1.33. The molecule has 0 aliphatic heterocycles. The van der Waals surface area contributed by atoms with E-state index in [4.69, 9.17) is 49.6 Å². The van der Waals surface area contributed by atoms with E-state index in [1.165, 1.54) is 7.11 Å². The molecule has 10 nitrogen and oxygen atoms in total. The van der Waals surface area contributed by atoms with E-state index >= 15 is 0 Å². The summed E-state index contributed by atoms with van der Waals surface area (Å²) < 4.78 is 20.3. The highest BCUT2D eigenvalue weighted by Crippen LogP contribution is 2.15. The Labute approximate surface area is 169 Å². The fourth-order valence-electron chi connectivity index (χ4n) is 1.76. The normalized spacial score (nSPS) is 14.2. The predicted molar refractivity (Wildman–Crippen MR) is 106 cm³/mol. The van der Waals surface area contributed by atoms with Crippen molar-refractivity contribution in [2.75, 3.05) is 53.4 Å². The third kappa shape index (κ3) is 13.7. The van der Waals surface area contributed by atoms with Crippen molar-refractivity contribution in [3.05, 3.63) is 0 Å². The number of hydrogen-bond acceptors (Lipinski definition) is 10. The molecule has 0 fully saturated rings. The molecule has 10 heteroatoms. The first-order valence-corrected chi connectivity index (χ1v) is 8.49. The Bertz CT molecular complexity index is 298. The largest absolute Gasteiger partial charge is 0.394 e. The van der Waals surface area contributed by atoms with E-state index in [0.29, 0.717) is 13.0 Å². The Hall–Kier alpha value is -0.400. The Morgan fingerprint density at radius 3 is 1.46 bits per heavy atom. The van der Waals surface area contributed by atoms with Gasteiger partial charge in [0.2, 0.25) is 5.79 Å². The van der Waals surface area contributed by atoms with Crippen LogP contribution in [0.15, 0.2) is 0 Å². The molecule has 176 valence electrons. The molecule has 0 aromatic heterocycles. The molecule has 0 aliphatic rings. The van der Waals surface area contributed by atoms with Gasteiger partial charge in [-0.15, -0.1) is 0 Å². The number of aliphatic hydroxyl groups excluding tert-OH is 6. The van der Waals surface area contributed by atoms with Crippen LogP contribution in [0.2, 0.25) is 0 Å². The maximum Gasteiger partial charge on any atom is 0.215 e. The van der Waals surface area contributed by atoms with Crippen LogP contribution in [0, 0.1) is 0 Å². The zero-order chi connectivity index (χ0) is 20.6. The number of rotatable bonds is 14. The third-order valence-electron chi connectivity index (χ3n) is 3.45. The molecule has 0 bridgehead atoms. The second-order valence-electron chi connectivity index (χ2n) is 5.59.